The number of allylic oxidation sites excluding steroid dienone is 6. The van der Waals surface area contributed by atoms with Gasteiger partial charge in [0.1, 0.15) is 18.8 Å². The molecule has 0 radical (unpaired) electrons. The predicted molar refractivity (Wildman–Crippen MR) is 91.6 cm³/mol. The minimum absolute atomic E-state index is 0.204. The number of hydrogen-bond acceptors (Lipinski definition) is 4. The van der Waals surface area contributed by atoms with Crippen molar-refractivity contribution in [3.05, 3.63) is 47.3 Å². The highest BCUT2D eigenvalue weighted by atomic mass is 16.6. The molecule has 0 aromatic heterocycles. The van der Waals surface area contributed by atoms with Gasteiger partial charge in [-0.2, -0.15) is 0 Å². The van der Waals surface area contributed by atoms with Crippen molar-refractivity contribution in [3.8, 4) is 0 Å². The molecule has 4 atom stereocenters. The van der Waals surface area contributed by atoms with E-state index in [0.717, 1.165) is 44.8 Å². The number of ether oxygens (including phenoxy) is 4. The van der Waals surface area contributed by atoms with Gasteiger partial charge in [0, 0.05) is 12.3 Å². The monoisotopic (exact) mass is 330 g/mol. The molecule has 0 N–H and O–H groups in total. The Bertz CT molecular complexity index is 578. The maximum atomic E-state index is 5.84. The van der Waals surface area contributed by atoms with E-state index in [1.807, 2.05) is 0 Å². The van der Waals surface area contributed by atoms with Gasteiger partial charge in [0.2, 0.25) is 0 Å². The molecule has 0 amide bonds. The molecule has 2 aliphatic heterocycles. The molecule has 2 heterocycles. The Morgan fingerprint density at radius 3 is 2.54 bits per heavy atom. The average molecular weight is 330 g/mol. The summed E-state index contributed by atoms with van der Waals surface area (Å²) >= 11 is 0. The van der Waals surface area contributed by atoms with Crippen molar-refractivity contribution in [1.29, 1.82) is 0 Å². The topological polar surface area (TPSA) is 43.5 Å². The van der Waals surface area contributed by atoms with Crippen molar-refractivity contribution in [2.75, 3.05) is 26.4 Å². The van der Waals surface area contributed by atoms with Crippen molar-refractivity contribution in [2.45, 2.75) is 44.5 Å². The van der Waals surface area contributed by atoms with Gasteiger partial charge in [0.15, 0.2) is 0 Å². The zero-order valence-corrected chi connectivity index (χ0v) is 14.3. The third-order valence-corrected chi connectivity index (χ3v) is 5.04. The van der Waals surface area contributed by atoms with E-state index in [-0.39, 0.29) is 6.10 Å². The van der Waals surface area contributed by atoms with Crippen LogP contribution >= 0.6 is 0 Å². The maximum Gasteiger partial charge on any atom is 0.116 e. The fourth-order valence-electron chi connectivity index (χ4n) is 3.15. The molecule has 4 aliphatic rings. The molecule has 24 heavy (non-hydrogen) atoms. The third-order valence-electron chi connectivity index (χ3n) is 5.04. The first-order chi connectivity index (χ1) is 11.8. The van der Waals surface area contributed by atoms with Gasteiger partial charge in [-0.1, -0.05) is 36.8 Å². The number of hydrogen-bond donors (Lipinski definition) is 0. The summed E-state index contributed by atoms with van der Waals surface area (Å²) in [5.41, 5.74) is 2.87. The summed E-state index contributed by atoms with van der Waals surface area (Å²) in [6.07, 6.45) is 15.0. The SMILES string of the molecule is CC(C1=CCC(OCC2CO2)C=C1)C1=CC=C(OCC2CO2)CC1. The fourth-order valence-corrected chi connectivity index (χ4v) is 3.15. The van der Waals surface area contributed by atoms with Crippen molar-refractivity contribution in [2.24, 2.45) is 5.92 Å². The molecule has 0 aromatic rings. The molecule has 2 fully saturated rings. The highest BCUT2D eigenvalue weighted by molar-refractivity contribution is 5.35. The van der Waals surface area contributed by atoms with Gasteiger partial charge in [-0.05, 0) is 24.5 Å². The molecule has 0 saturated carbocycles. The van der Waals surface area contributed by atoms with Crippen molar-refractivity contribution in [1.82, 2.24) is 0 Å². The van der Waals surface area contributed by atoms with Gasteiger partial charge in [-0.3, -0.25) is 0 Å². The average Bonchev–Trinajstić information content (AvgIpc) is 3.53. The van der Waals surface area contributed by atoms with Crippen LogP contribution in [0.15, 0.2) is 47.3 Å². The number of rotatable bonds is 8. The Morgan fingerprint density at radius 2 is 1.92 bits per heavy atom. The van der Waals surface area contributed by atoms with Crippen molar-refractivity contribution in [3.63, 3.8) is 0 Å². The fraction of sp³-hybridized carbons (Fsp3) is 0.600. The van der Waals surface area contributed by atoms with E-state index in [4.69, 9.17) is 18.9 Å². The molecular weight excluding hydrogens is 304 g/mol. The smallest absolute Gasteiger partial charge is 0.116 e. The Balaban J connectivity index is 1.27. The minimum atomic E-state index is 0.204. The van der Waals surface area contributed by atoms with E-state index in [1.165, 1.54) is 11.1 Å². The standard InChI is InChI=1S/C20H26O4/c1-14(15-2-6-17(7-3-15)21-10-19-12-23-19)16-4-8-18(9-5-16)22-11-20-13-24-20/h2-4,6,8,14,17,19-20H,5,7,9-13H2,1H3. The molecule has 4 heteroatoms. The van der Waals surface area contributed by atoms with E-state index in [1.54, 1.807) is 0 Å². The van der Waals surface area contributed by atoms with Crippen LogP contribution in [0.25, 0.3) is 0 Å². The third kappa shape index (κ3) is 4.38. The lowest BCUT2D eigenvalue weighted by Crippen LogP contribution is -2.17. The highest BCUT2D eigenvalue weighted by Gasteiger charge is 2.25. The largest absolute Gasteiger partial charge is 0.495 e. The second-order valence-corrected chi connectivity index (χ2v) is 6.99. The summed E-state index contributed by atoms with van der Waals surface area (Å²) in [6.45, 7) is 5.42. The first kappa shape index (κ1) is 16.1. The number of epoxide rings is 2. The molecule has 0 aromatic carbocycles. The lowest BCUT2D eigenvalue weighted by Gasteiger charge is -2.24. The summed E-state index contributed by atoms with van der Waals surface area (Å²) in [4.78, 5) is 0. The highest BCUT2D eigenvalue weighted by Crippen LogP contribution is 2.32. The van der Waals surface area contributed by atoms with Crippen LogP contribution in [0.4, 0.5) is 0 Å². The summed E-state index contributed by atoms with van der Waals surface area (Å²) < 4.78 is 22.0. The van der Waals surface area contributed by atoms with E-state index in [9.17, 15) is 0 Å². The minimum Gasteiger partial charge on any atom is -0.495 e. The summed E-state index contributed by atoms with van der Waals surface area (Å²) in [7, 11) is 0. The van der Waals surface area contributed by atoms with Gasteiger partial charge in [0.05, 0.1) is 31.7 Å². The van der Waals surface area contributed by atoms with Crippen LogP contribution in [-0.4, -0.2) is 44.7 Å². The van der Waals surface area contributed by atoms with Crippen LogP contribution in [0.1, 0.15) is 26.2 Å². The molecule has 0 spiro atoms. The summed E-state index contributed by atoms with van der Waals surface area (Å²) in [5.74, 6) is 1.55. The van der Waals surface area contributed by atoms with E-state index in [0.29, 0.717) is 24.7 Å². The molecule has 4 unspecified atom stereocenters. The van der Waals surface area contributed by atoms with E-state index in [2.05, 4.69) is 37.3 Å². The Kier molecular flexibility index (Phi) is 4.88. The zero-order valence-electron chi connectivity index (χ0n) is 14.3. The van der Waals surface area contributed by atoms with Gasteiger partial charge in [-0.25, -0.2) is 0 Å². The van der Waals surface area contributed by atoms with Crippen molar-refractivity contribution >= 4 is 0 Å². The van der Waals surface area contributed by atoms with Crippen LogP contribution in [0, 0.1) is 5.92 Å². The van der Waals surface area contributed by atoms with Gasteiger partial charge >= 0.3 is 0 Å². The maximum absolute atomic E-state index is 5.84. The summed E-state index contributed by atoms with van der Waals surface area (Å²) in [6, 6.07) is 0. The van der Waals surface area contributed by atoms with E-state index >= 15 is 0 Å². The first-order valence-electron chi connectivity index (χ1n) is 9.03. The lowest BCUT2D eigenvalue weighted by atomic mass is 9.85. The zero-order chi connectivity index (χ0) is 16.4. The normalized spacial score (nSPS) is 32.5. The van der Waals surface area contributed by atoms with Gasteiger partial charge < -0.3 is 18.9 Å². The van der Waals surface area contributed by atoms with Gasteiger partial charge in [-0.15, -0.1) is 0 Å². The van der Waals surface area contributed by atoms with Crippen LogP contribution in [0.2, 0.25) is 0 Å². The molecule has 2 saturated heterocycles. The Morgan fingerprint density at radius 1 is 1.12 bits per heavy atom. The quantitative estimate of drug-likeness (QED) is 0.641. The Hall–Kier alpha value is -1.36. The molecule has 4 rings (SSSR count). The lowest BCUT2D eigenvalue weighted by molar-refractivity contribution is 0.0729. The molecular formula is C20H26O4. The van der Waals surface area contributed by atoms with Crippen LogP contribution in [0.3, 0.4) is 0 Å². The Labute approximate surface area is 143 Å². The van der Waals surface area contributed by atoms with Crippen LogP contribution < -0.4 is 0 Å². The van der Waals surface area contributed by atoms with Crippen LogP contribution in [-0.2, 0) is 18.9 Å². The first-order valence-corrected chi connectivity index (χ1v) is 9.03. The molecule has 2 aliphatic carbocycles. The van der Waals surface area contributed by atoms with Crippen LogP contribution in [0.5, 0.6) is 0 Å². The van der Waals surface area contributed by atoms with Crippen molar-refractivity contribution < 1.29 is 18.9 Å². The predicted octanol–water partition coefficient (Wildman–Crippen LogP) is 3.31. The second kappa shape index (κ2) is 7.26. The second-order valence-electron chi connectivity index (χ2n) is 6.99. The van der Waals surface area contributed by atoms with E-state index < -0.39 is 0 Å². The summed E-state index contributed by atoms with van der Waals surface area (Å²) in [5, 5.41) is 0. The van der Waals surface area contributed by atoms with Gasteiger partial charge in [0.25, 0.3) is 0 Å². The molecule has 4 nitrogen and oxygen atoms in total. The molecule has 130 valence electrons. The molecule has 0 bridgehead atoms.